The fourth-order valence-corrected chi connectivity index (χ4v) is 3.80. The lowest BCUT2D eigenvalue weighted by molar-refractivity contribution is 0.0951. The van der Waals surface area contributed by atoms with Gasteiger partial charge in [-0.1, -0.05) is 35.9 Å². The van der Waals surface area contributed by atoms with E-state index in [9.17, 15) is 9.59 Å². The highest BCUT2D eigenvalue weighted by atomic mass is 35.5. The van der Waals surface area contributed by atoms with Gasteiger partial charge in [0.25, 0.3) is 11.8 Å². The normalized spacial score (nSPS) is 10.7. The van der Waals surface area contributed by atoms with Gasteiger partial charge < -0.3 is 25.1 Å². The van der Waals surface area contributed by atoms with Gasteiger partial charge in [-0.3, -0.25) is 9.59 Å². The van der Waals surface area contributed by atoms with Crippen LogP contribution in [-0.2, 0) is 6.42 Å². The summed E-state index contributed by atoms with van der Waals surface area (Å²) in [7, 11) is 3.17. The van der Waals surface area contributed by atoms with Crippen molar-refractivity contribution >= 4 is 40.0 Å². The van der Waals surface area contributed by atoms with E-state index in [4.69, 9.17) is 21.1 Å². The van der Waals surface area contributed by atoms with Gasteiger partial charge in [0.2, 0.25) is 0 Å². The molecule has 0 saturated heterocycles. The van der Waals surface area contributed by atoms with Gasteiger partial charge in [-0.25, -0.2) is 0 Å². The number of aromatic nitrogens is 1. The van der Waals surface area contributed by atoms with Crippen molar-refractivity contribution in [2.75, 3.05) is 26.1 Å². The molecule has 174 valence electrons. The predicted octanol–water partition coefficient (Wildman–Crippen LogP) is 5.06. The van der Waals surface area contributed by atoms with Crippen molar-refractivity contribution in [2.24, 2.45) is 0 Å². The molecular weight excluding hydrogens is 454 g/mol. The van der Waals surface area contributed by atoms with Crippen LogP contribution in [0.3, 0.4) is 0 Å². The summed E-state index contributed by atoms with van der Waals surface area (Å²) in [6, 6.07) is 19.6. The van der Waals surface area contributed by atoms with Crippen molar-refractivity contribution < 1.29 is 19.1 Å². The number of para-hydroxylation sites is 1. The van der Waals surface area contributed by atoms with E-state index >= 15 is 0 Å². The molecule has 7 nitrogen and oxygen atoms in total. The molecule has 34 heavy (non-hydrogen) atoms. The zero-order valence-corrected chi connectivity index (χ0v) is 19.5. The minimum atomic E-state index is -0.333. The van der Waals surface area contributed by atoms with E-state index in [0.717, 1.165) is 16.5 Å². The molecule has 2 amide bonds. The Morgan fingerprint density at radius 2 is 1.65 bits per heavy atom. The smallest absolute Gasteiger partial charge is 0.269 e. The number of methoxy groups -OCH3 is 2. The van der Waals surface area contributed by atoms with Gasteiger partial charge in [-0.2, -0.15) is 0 Å². The van der Waals surface area contributed by atoms with Gasteiger partial charge in [0, 0.05) is 28.0 Å². The van der Waals surface area contributed by atoms with Crippen LogP contribution < -0.4 is 20.1 Å². The second-order valence-electron chi connectivity index (χ2n) is 7.58. The molecular formula is C26H24ClN3O4. The maximum atomic E-state index is 13.1. The molecule has 0 aliphatic rings. The Labute approximate surface area is 202 Å². The first kappa shape index (κ1) is 23.2. The lowest BCUT2D eigenvalue weighted by Gasteiger charge is -2.11. The number of rotatable bonds is 8. The van der Waals surface area contributed by atoms with Gasteiger partial charge >= 0.3 is 0 Å². The fourth-order valence-electron chi connectivity index (χ4n) is 3.67. The van der Waals surface area contributed by atoms with Crippen molar-refractivity contribution in [3.05, 3.63) is 88.6 Å². The van der Waals surface area contributed by atoms with Crippen molar-refractivity contribution in [3.8, 4) is 11.5 Å². The number of carbonyl (C=O) groups excluding carboxylic acids is 2. The zero-order valence-electron chi connectivity index (χ0n) is 18.8. The summed E-state index contributed by atoms with van der Waals surface area (Å²) >= 11 is 5.93. The number of halogens is 1. The van der Waals surface area contributed by atoms with E-state index in [1.165, 1.54) is 0 Å². The van der Waals surface area contributed by atoms with Crippen LogP contribution in [0.15, 0.2) is 66.7 Å². The minimum Gasteiger partial charge on any atom is -0.493 e. The second kappa shape index (κ2) is 10.3. The highest BCUT2D eigenvalue weighted by molar-refractivity contribution is 6.30. The van der Waals surface area contributed by atoms with Gasteiger partial charge in [-0.05, 0) is 54.4 Å². The molecule has 1 aromatic heterocycles. The van der Waals surface area contributed by atoms with E-state index in [0.29, 0.717) is 40.7 Å². The third-order valence-electron chi connectivity index (χ3n) is 5.43. The third kappa shape index (κ3) is 5.00. The molecule has 0 saturated carbocycles. The Balaban J connectivity index is 1.51. The monoisotopic (exact) mass is 477 g/mol. The summed E-state index contributed by atoms with van der Waals surface area (Å²) in [5.41, 5.74) is 2.90. The number of benzene rings is 3. The molecule has 4 rings (SSSR count). The molecule has 4 aromatic rings. The number of hydrogen-bond donors (Lipinski definition) is 3. The lowest BCUT2D eigenvalue weighted by atomic mass is 10.1. The van der Waals surface area contributed by atoms with E-state index in [1.807, 2.05) is 42.5 Å². The zero-order chi connectivity index (χ0) is 24.1. The molecule has 0 fully saturated rings. The van der Waals surface area contributed by atoms with Crippen molar-refractivity contribution in [1.82, 2.24) is 10.3 Å². The first-order chi connectivity index (χ1) is 16.5. The van der Waals surface area contributed by atoms with Crippen molar-refractivity contribution in [3.63, 3.8) is 0 Å². The Morgan fingerprint density at radius 3 is 2.38 bits per heavy atom. The number of ether oxygens (including phenoxy) is 2. The SMILES string of the molecule is COc1ccc(CCNC(=O)c2[nH]c3ccccc3c2NC(=O)c2ccc(Cl)cc2)cc1OC. The average molecular weight is 478 g/mol. The highest BCUT2D eigenvalue weighted by Crippen LogP contribution is 2.29. The first-order valence-corrected chi connectivity index (χ1v) is 11.0. The molecule has 3 N–H and O–H groups in total. The number of nitrogens with one attached hydrogen (secondary N) is 3. The minimum absolute atomic E-state index is 0.288. The third-order valence-corrected chi connectivity index (χ3v) is 5.68. The van der Waals surface area contributed by atoms with Crippen LogP contribution in [0.2, 0.25) is 5.02 Å². The van der Waals surface area contributed by atoms with Crippen molar-refractivity contribution in [1.29, 1.82) is 0 Å². The Bertz CT molecular complexity index is 1330. The van der Waals surface area contributed by atoms with Gasteiger partial charge in [0.1, 0.15) is 5.69 Å². The quantitative estimate of drug-likeness (QED) is 0.330. The Morgan fingerprint density at radius 1 is 0.912 bits per heavy atom. The van der Waals surface area contributed by atoms with E-state index in [2.05, 4.69) is 15.6 Å². The fraction of sp³-hybridized carbons (Fsp3) is 0.154. The van der Waals surface area contributed by atoms with Gasteiger partial charge in [-0.15, -0.1) is 0 Å². The molecule has 0 radical (unpaired) electrons. The standard InChI is InChI=1S/C26H24ClN3O4/c1-33-21-12-7-16(15-22(21)34-2)13-14-28-26(32)24-23(19-5-3-4-6-20(19)29-24)30-25(31)17-8-10-18(27)11-9-17/h3-12,15,29H,13-14H2,1-2H3,(H,28,32)(H,30,31). The highest BCUT2D eigenvalue weighted by Gasteiger charge is 2.20. The van der Waals surface area contributed by atoms with Gasteiger partial charge in [0.15, 0.2) is 11.5 Å². The summed E-state index contributed by atoms with van der Waals surface area (Å²) < 4.78 is 10.6. The van der Waals surface area contributed by atoms with E-state index < -0.39 is 0 Å². The van der Waals surface area contributed by atoms with Crippen molar-refractivity contribution in [2.45, 2.75) is 6.42 Å². The Kier molecular flexibility index (Phi) is 7.04. The summed E-state index contributed by atoms with van der Waals surface area (Å²) in [5.74, 6) is 0.632. The average Bonchev–Trinajstić information content (AvgIpc) is 3.22. The van der Waals surface area contributed by atoms with Crippen LogP contribution in [0, 0.1) is 0 Å². The van der Waals surface area contributed by atoms with Crippen LogP contribution in [0.25, 0.3) is 10.9 Å². The molecule has 0 bridgehead atoms. The number of carbonyl (C=O) groups is 2. The summed E-state index contributed by atoms with van der Waals surface area (Å²) in [6.07, 6.45) is 0.596. The number of anilines is 1. The molecule has 0 unspecified atom stereocenters. The number of fused-ring (bicyclic) bond motifs is 1. The van der Waals surface area contributed by atoms with Crippen LogP contribution in [-0.4, -0.2) is 37.6 Å². The summed E-state index contributed by atoms with van der Waals surface area (Å²) in [4.78, 5) is 29.0. The second-order valence-corrected chi connectivity index (χ2v) is 8.01. The molecule has 0 spiro atoms. The number of hydrogen-bond acceptors (Lipinski definition) is 4. The number of H-pyrrole nitrogens is 1. The van der Waals surface area contributed by atoms with Crippen LogP contribution in [0.5, 0.6) is 11.5 Å². The molecule has 3 aromatic carbocycles. The molecule has 0 aliphatic heterocycles. The van der Waals surface area contributed by atoms with E-state index in [1.54, 1.807) is 38.5 Å². The lowest BCUT2D eigenvalue weighted by Crippen LogP contribution is -2.27. The molecule has 0 atom stereocenters. The van der Waals surface area contributed by atoms with E-state index in [-0.39, 0.29) is 17.5 Å². The maximum Gasteiger partial charge on any atom is 0.269 e. The molecule has 0 aliphatic carbocycles. The molecule has 1 heterocycles. The number of amides is 2. The number of aromatic amines is 1. The maximum absolute atomic E-state index is 13.1. The first-order valence-electron chi connectivity index (χ1n) is 10.7. The van der Waals surface area contributed by atoms with Crippen LogP contribution in [0.4, 0.5) is 5.69 Å². The Hall–Kier alpha value is -3.97. The summed E-state index contributed by atoms with van der Waals surface area (Å²) in [6.45, 7) is 0.397. The largest absolute Gasteiger partial charge is 0.493 e. The van der Waals surface area contributed by atoms with Crippen LogP contribution in [0.1, 0.15) is 26.4 Å². The summed E-state index contributed by atoms with van der Waals surface area (Å²) in [5, 5.41) is 7.09. The van der Waals surface area contributed by atoms with Crippen LogP contribution >= 0.6 is 11.6 Å². The topological polar surface area (TPSA) is 92.5 Å². The molecule has 8 heteroatoms. The predicted molar refractivity (Wildman–Crippen MR) is 133 cm³/mol. The van der Waals surface area contributed by atoms with Gasteiger partial charge in [0.05, 0.1) is 19.9 Å².